The summed E-state index contributed by atoms with van der Waals surface area (Å²) in [6.07, 6.45) is 2.89. The zero-order chi connectivity index (χ0) is 11.8. The largest absolute Gasteiger partial charge is 0.241 e. The van der Waals surface area contributed by atoms with Crippen LogP contribution in [-0.2, 0) is 10.0 Å². The first-order chi connectivity index (χ1) is 7.41. The smallest absolute Gasteiger partial charge is 0.207 e. The zero-order valence-corrected chi connectivity index (χ0v) is 10.0. The van der Waals surface area contributed by atoms with Crippen LogP contribution in [-0.4, -0.2) is 21.8 Å². The van der Waals surface area contributed by atoms with Gasteiger partial charge in [0.25, 0.3) is 0 Å². The molecule has 1 aromatic rings. The molecule has 1 saturated carbocycles. The molecule has 84 valence electrons. The van der Waals surface area contributed by atoms with Crippen molar-refractivity contribution < 1.29 is 8.42 Å². The van der Waals surface area contributed by atoms with E-state index in [2.05, 4.69) is 4.72 Å². The molecule has 0 atom stereocenters. The highest BCUT2D eigenvalue weighted by atomic mass is 32.2. The van der Waals surface area contributed by atoms with Gasteiger partial charge >= 0.3 is 0 Å². The van der Waals surface area contributed by atoms with E-state index >= 15 is 0 Å². The molecule has 2 radical (unpaired) electrons. The Labute approximate surface area is 97.7 Å². The third-order valence-corrected chi connectivity index (χ3v) is 4.68. The van der Waals surface area contributed by atoms with Crippen molar-refractivity contribution in [3.8, 4) is 0 Å². The lowest BCUT2D eigenvalue weighted by Crippen LogP contribution is -2.50. The molecule has 0 aliphatic heterocycles. The summed E-state index contributed by atoms with van der Waals surface area (Å²) in [5.41, 5.74) is 0.300. The maximum atomic E-state index is 12.0. The number of nitrogens with one attached hydrogen (secondary N) is 1. The molecule has 1 fully saturated rings. The molecule has 0 heterocycles. The highest BCUT2D eigenvalue weighted by molar-refractivity contribution is 7.89. The molecule has 0 aromatic heterocycles. The maximum absolute atomic E-state index is 12.0. The van der Waals surface area contributed by atoms with Gasteiger partial charge in [-0.15, -0.1) is 0 Å². The van der Waals surface area contributed by atoms with Crippen LogP contribution >= 0.6 is 0 Å². The van der Waals surface area contributed by atoms with Gasteiger partial charge in [0.15, 0.2) is 0 Å². The van der Waals surface area contributed by atoms with Gasteiger partial charge in [-0.25, -0.2) is 13.1 Å². The Morgan fingerprint density at radius 3 is 2.25 bits per heavy atom. The molecular weight excluding hydrogens is 221 g/mol. The molecular formula is C11H14BNO2S. The van der Waals surface area contributed by atoms with E-state index in [-0.39, 0.29) is 10.4 Å². The Morgan fingerprint density at radius 1 is 1.25 bits per heavy atom. The summed E-state index contributed by atoms with van der Waals surface area (Å²) in [5, 5.41) is 0. The van der Waals surface area contributed by atoms with Crippen molar-refractivity contribution in [3.05, 3.63) is 24.3 Å². The van der Waals surface area contributed by atoms with Crippen LogP contribution in [0.3, 0.4) is 0 Å². The summed E-state index contributed by atoms with van der Waals surface area (Å²) in [5.74, 6) is 0. The standard InChI is InChI=1S/C11H14BNO2S/c1-11(7-2-8-11)13-16(14,15)10-5-3-9(12)4-6-10/h3-6,13H,2,7-8H2,1H3. The minimum absolute atomic E-state index is 0.264. The van der Waals surface area contributed by atoms with Crippen molar-refractivity contribution >= 4 is 23.3 Å². The van der Waals surface area contributed by atoms with E-state index in [1.54, 1.807) is 12.1 Å². The minimum atomic E-state index is -3.40. The molecule has 1 aliphatic carbocycles. The Balaban J connectivity index is 2.22. The van der Waals surface area contributed by atoms with Gasteiger partial charge in [-0.2, -0.15) is 0 Å². The van der Waals surface area contributed by atoms with Crippen molar-refractivity contribution in [2.45, 2.75) is 36.6 Å². The summed E-state index contributed by atoms with van der Waals surface area (Å²) in [4.78, 5) is 0.273. The molecule has 0 saturated heterocycles. The fourth-order valence-electron chi connectivity index (χ4n) is 1.84. The summed E-state index contributed by atoms with van der Waals surface area (Å²) in [6.45, 7) is 1.94. The van der Waals surface area contributed by atoms with E-state index in [1.165, 1.54) is 12.1 Å². The number of sulfonamides is 1. The molecule has 0 amide bonds. The molecule has 1 N–H and O–H groups in total. The molecule has 3 nitrogen and oxygen atoms in total. The monoisotopic (exact) mass is 235 g/mol. The van der Waals surface area contributed by atoms with Gasteiger partial charge in [0.1, 0.15) is 7.85 Å². The average Bonchev–Trinajstić information content (AvgIpc) is 2.15. The van der Waals surface area contributed by atoms with Crippen molar-refractivity contribution in [2.24, 2.45) is 0 Å². The molecule has 2 rings (SSSR count). The number of hydrogen-bond acceptors (Lipinski definition) is 2. The van der Waals surface area contributed by atoms with Gasteiger partial charge in [-0.1, -0.05) is 17.6 Å². The summed E-state index contributed by atoms with van der Waals surface area (Å²) >= 11 is 0. The van der Waals surface area contributed by atoms with Crippen LogP contribution in [0.15, 0.2) is 29.2 Å². The normalized spacial score (nSPS) is 19.1. The maximum Gasteiger partial charge on any atom is 0.241 e. The molecule has 16 heavy (non-hydrogen) atoms. The first kappa shape index (κ1) is 11.7. The Hall–Kier alpha value is -0.805. The second-order valence-electron chi connectivity index (χ2n) is 4.59. The fourth-order valence-corrected chi connectivity index (χ4v) is 3.30. The van der Waals surface area contributed by atoms with Crippen LogP contribution in [0.4, 0.5) is 0 Å². The molecule has 0 spiro atoms. The van der Waals surface area contributed by atoms with Crippen LogP contribution in [0.2, 0.25) is 0 Å². The topological polar surface area (TPSA) is 46.2 Å². The Kier molecular flexibility index (Phi) is 2.84. The summed E-state index contributed by atoms with van der Waals surface area (Å²) in [7, 11) is 2.12. The predicted octanol–water partition coefficient (Wildman–Crippen LogP) is 0.701. The van der Waals surface area contributed by atoms with E-state index in [9.17, 15) is 8.42 Å². The predicted molar refractivity (Wildman–Crippen MR) is 64.4 cm³/mol. The average molecular weight is 235 g/mol. The van der Waals surface area contributed by atoms with E-state index in [0.717, 1.165) is 19.3 Å². The summed E-state index contributed by atoms with van der Waals surface area (Å²) in [6, 6.07) is 6.24. The van der Waals surface area contributed by atoms with E-state index < -0.39 is 10.0 Å². The lowest BCUT2D eigenvalue weighted by Gasteiger charge is -2.38. The van der Waals surface area contributed by atoms with Gasteiger partial charge in [-0.3, -0.25) is 0 Å². The third kappa shape index (κ3) is 2.30. The van der Waals surface area contributed by atoms with Crippen LogP contribution in [0.25, 0.3) is 0 Å². The van der Waals surface area contributed by atoms with Crippen LogP contribution in [0, 0.1) is 0 Å². The van der Waals surface area contributed by atoms with Crippen molar-refractivity contribution in [2.75, 3.05) is 0 Å². The van der Waals surface area contributed by atoms with Crippen LogP contribution in [0.5, 0.6) is 0 Å². The van der Waals surface area contributed by atoms with Gasteiger partial charge in [0.05, 0.1) is 4.90 Å². The van der Waals surface area contributed by atoms with Gasteiger partial charge < -0.3 is 0 Å². The van der Waals surface area contributed by atoms with Crippen LogP contribution in [0.1, 0.15) is 26.2 Å². The zero-order valence-electron chi connectivity index (χ0n) is 9.23. The molecule has 0 unspecified atom stereocenters. The number of hydrogen-bond donors (Lipinski definition) is 1. The highest BCUT2D eigenvalue weighted by Crippen LogP contribution is 2.32. The lowest BCUT2D eigenvalue weighted by molar-refractivity contribution is 0.248. The van der Waals surface area contributed by atoms with E-state index in [0.29, 0.717) is 5.46 Å². The first-order valence-electron chi connectivity index (χ1n) is 5.31. The van der Waals surface area contributed by atoms with Crippen LogP contribution < -0.4 is 10.2 Å². The Morgan fingerprint density at radius 2 is 1.81 bits per heavy atom. The summed E-state index contributed by atoms with van der Waals surface area (Å²) < 4.78 is 26.7. The van der Waals surface area contributed by atoms with E-state index in [1.807, 2.05) is 6.92 Å². The molecule has 0 bridgehead atoms. The third-order valence-electron chi connectivity index (χ3n) is 3.03. The fraction of sp³-hybridized carbons (Fsp3) is 0.455. The second-order valence-corrected chi connectivity index (χ2v) is 6.27. The number of benzene rings is 1. The molecule has 1 aromatic carbocycles. The van der Waals surface area contributed by atoms with Crippen molar-refractivity contribution in [1.29, 1.82) is 0 Å². The van der Waals surface area contributed by atoms with Gasteiger partial charge in [0.2, 0.25) is 10.0 Å². The second kappa shape index (κ2) is 3.89. The quantitative estimate of drug-likeness (QED) is 0.784. The molecule has 5 heteroatoms. The lowest BCUT2D eigenvalue weighted by atomic mass is 9.80. The Bertz CT molecular complexity index is 477. The van der Waals surface area contributed by atoms with Crippen molar-refractivity contribution in [3.63, 3.8) is 0 Å². The number of rotatable bonds is 3. The minimum Gasteiger partial charge on any atom is -0.207 e. The highest BCUT2D eigenvalue weighted by Gasteiger charge is 2.36. The first-order valence-corrected chi connectivity index (χ1v) is 6.79. The van der Waals surface area contributed by atoms with Crippen molar-refractivity contribution in [1.82, 2.24) is 4.72 Å². The SMILES string of the molecule is [B]c1ccc(S(=O)(=O)NC2(C)CCC2)cc1. The van der Waals surface area contributed by atoms with E-state index in [4.69, 9.17) is 7.85 Å². The molecule has 1 aliphatic rings. The van der Waals surface area contributed by atoms with Gasteiger partial charge in [-0.05, 0) is 38.3 Å². The van der Waals surface area contributed by atoms with Gasteiger partial charge in [0, 0.05) is 5.54 Å².